The molecule has 0 unspecified atom stereocenters. The summed E-state index contributed by atoms with van der Waals surface area (Å²) in [7, 11) is 1.66. The predicted octanol–water partition coefficient (Wildman–Crippen LogP) is 5.16. The minimum absolute atomic E-state index is 0.0313. The fraction of sp³-hybridized carbons (Fsp3) is 0.231. The molecule has 102 valence electrons. The van der Waals surface area contributed by atoms with E-state index in [0.717, 1.165) is 9.35 Å². The van der Waals surface area contributed by atoms with Crippen LogP contribution in [0.1, 0.15) is 11.1 Å². The molecular weight excluding hydrogens is 356 g/mol. The van der Waals surface area contributed by atoms with E-state index in [1.54, 1.807) is 23.3 Å². The highest BCUT2D eigenvalue weighted by Crippen LogP contribution is 2.28. The number of hydrogen-bond donors (Lipinski definition) is 0. The Morgan fingerprint density at radius 2 is 1.84 bits per heavy atom. The van der Waals surface area contributed by atoms with E-state index in [4.69, 9.17) is 11.6 Å². The van der Waals surface area contributed by atoms with Crippen LogP contribution in [0.25, 0.3) is 0 Å². The third-order valence-corrected chi connectivity index (χ3v) is 4.52. The zero-order valence-corrected chi connectivity index (χ0v) is 13.2. The van der Waals surface area contributed by atoms with Crippen LogP contribution >= 0.6 is 38.9 Å². The van der Waals surface area contributed by atoms with E-state index in [9.17, 15) is 8.78 Å². The van der Waals surface area contributed by atoms with Crippen molar-refractivity contribution < 1.29 is 8.78 Å². The highest BCUT2D eigenvalue weighted by molar-refractivity contribution is 9.11. The second-order valence-electron chi connectivity index (χ2n) is 4.16. The average molecular weight is 367 g/mol. The Bertz CT molecular complexity index is 565. The summed E-state index contributed by atoms with van der Waals surface area (Å²) < 4.78 is 28.8. The largest absolute Gasteiger partial charge is 0.365 e. The molecule has 0 spiro atoms. The summed E-state index contributed by atoms with van der Waals surface area (Å²) >= 11 is 10.5. The molecule has 0 N–H and O–H groups in total. The summed E-state index contributed by atoms with van der Waals surface area (Å²) in [6, 6.07) is 4.47. The van der Waals surface area contributed by atoms with Crippen LogP contribution in [0, 0.1) is 11.6 Å². The van der Waals surface area contributed by atoms with Gasteiger partial charge in [0, 0.05) is 19.5 Å². The second kappa shape index (κ2) is 6.20. The van der Waals surface area contributed by atoms with E-state index in [1.165, 1.54) is 12.1 Å². The van der Waals surface area contributed by atoms with Crippen LogP contribution in [0.15, 0.2) is 27.4 Å². The summed E-state index contributed by atoms with van der Waals surface area (Å²) in [5, 5.41) is 1.95. The van der Waals surface area contributed by atoms with Crippen molar-refractivity contribution in [3.63, 3.8) is 0 Å². The first-order valence-electron chi connectivity index (χ1n) is 5.49. The van der Waals surface area contributed by atoms with Gasteiger partial charge in [0.15, 0.2) is 0 Å². The SMILES string of the molecule is CN(Cc1csc(Br)c1)c1c(F)cc(CCl)cc1F. The van der Waals surface area contributed by atoms with Crippen LogP contribution in [0.2, 0.25) is 0 Å². The lowest BCUT2D eigenvalue weighted by molar-refractivity contribution is 0.574. The Hall–Kier alpha value is -0.650. The highest BCUT2D eigenvalue weighted by atomic mass is 79.9. The molecule has 1 heterocycles. The van der Waals surface area contributed by atoms with Crippen molar-refractivity contribution in [1.29, 1.82) is 0 Å². The normalized spacial score (nSPS) is 10.8. The number of anilines is 1. The standard InChI is InChI=1S/C13H11BrClF2NS/c1-18(6-9-4-12(14)19-7-9)13-10(16)2-8(5-15)3-11(13)17/h2-4,7H,5-6H2,1H3. The molecule has 0 aliphatic heterocycles. The van der Waals surface area contributed by atoms with Gasteiger partial charge >= 0.3 is 0 Å². The van der Waals surface area contributed by atoms with Crippen molar-refractivity contribution in [1.82, 2.24) is 0 Å². The van der Waals surface area contributed by atoms with E-state index in [1.807, 2.05) is 11.4 Å². The Morgan fingerprint density at radius 1 is 1.21 bits per heavy atom. The number of rotatable bonds is 4. The quantitative estimate of drug-likeness (QED) is 0.675. The van der Waals surface area contributed by atoms with Gasteiger partial charge in [-0.3, -0.25) is 0 Å². The number of hydrogen-bond acceptors (Lipinski definition) is 2. The third kappa shape index (κ3) is 3.46. The number of benzene rings is 1. The highest BCUT2D eigenvalue weighted by Gasteiger charge is 2.15. The first kappa shape index (κ1) is 14.8. The molecule has 6 heteroatoms. The number of thiophene rings is 1. The van der Waals surface area contributed by atoms with Crippen LogP contribution in [0.4, 0.5) is 14.5 Å². The van der Waals surface area contributed by atoms with Gasteiger partial charge in [-0.15, -0.1) is 22.9 Å². The van der Waals surface area contributed by atoms with Crippen molar-refractivity contribution in [2.45, 2.75) is 12.4 Å². The molecule has 19 heavy (non-hydrogen) atoms. The van der Waals surface area contributed by atoms with Crippen molar-refractivity contribution >= 4 is 44.6 Å². The molecule has 0 saturated heterocycles. The van der Waals surface area contributed by atoms with E-state index >= 15 is 0 Å². The van der Waals surface area contributed by atoms with Gasteiger partial charge in [0.2, 0.25) is 0 Å². The zero-order chi connectivity index (χ0) is 14.0. The van der Waals surface area contributed by atoms with E-state index in [-0.39, 0.29) is 11.6 Å². The summed E-state index contributed by atoms with van der Waals surface area (Å²) in [5.74, 6) is -1.09. The fourth-order valence-electron chi connectivity index (χ4n) is 1.84. The van der Waals surface area contributed by atoms with E-state index in [2.05, 4.69) is 15.9 Å². The molecule has 0 amide bonds. The Labute approximate surface area is 127 Å². The molecule has 0 saturated carbocycles. The third-order valence-electron chi connectivity index (χ3n) is 2.65. The second-order valence-corrected chi connectivity index (χ2v) is 6.71. The summed E-state index contributed by atoms with van der Waals surface area (Å²) in [6.07, 6.45) is 0. The van der Waals surface area contributed by atoms with Gasteiger partial charge in [0.1, 0.15) is 17.3 Å². The zero-order valence-electron chi connectivity index (χ0n) is 10.1. The van der Waals surface area contributed by atoms with Crippen LogP contribution in [-0.4, -0.2) is 7.05 Å². The summed E-state index contributed by atoms with van der Waals surface area (Å²) in [6.45, 7) is 0.441. The van der Waals surface area contributed by atoms with Crippen LogP contribution in [0.5, 0.6) is 0 Å². The monoisotopic (exact) mass is 365 g/mol. The Kier molecular flexibility index (Phi) is 4.81. The minimum Gasteiger partial charge on any atom is -0.365 e. The van der Waals surface area contributed by atoms with Gasteiger partial charge in [0.25, 0.3) is 0 Å². The molecule has 1 aromatic heterocycles. The van der Waals surface area contributed by atoms with Crippen molar-refractivity contribution in [3.05, 3.63) is 50.1 Å². The fourth-order valence-corrected chi connectivity index (χ4v) is 3.20. The van der Waals surface area contributed by atoms with Crippen LogP contribution < -0.4 is 4.90 Å². The molecular formula is C13H11BrClF2NS. The van der Waals surface area contributed by atoms with E-state index in [0.29, 0.717) is 12.1 Å². The topological polar surface area (TPSA) is 3.24 Å². The number of halogens is 4. The first-order valence-corrected chi connectivity index (χ1v) is 7.70. The molecule has 0 fully saturated rings. The first-order chi connectivity index (χ1) is 9.01. The molecule has 1 nitrogen and oxygen atoms in total. The molecule has 0 aliphatic rings. The molecule has 0 atom stereocenters. The Morgan fingerprint density at radius 3 is 2.32 bits per heavy atom. The average Bonchev–Trinajstić information content (AvgIpc) is 2.73. The van der Waals surface area contributed by atoms with Gasteiger partial charge < -0.3 is 4.90 Å². The van der Waals surface area contributed by atoms with Crippen molar-refractivity contribution in [2.24, 2.45) is 0 Å². The van der Waals surface area contributed by atoms with Crippen LogP contribution in [0.3, 0.4) is 0 Å². The van der Waals surface area contributed by atoms with Gasteiger partial charge in [-0.1, -0.05) is 0 Å². The van der Waals surface area contributed by atoms with Gasteiger partial charge in [-0.05, 0) is 50.6 Å². The van der Waals surface area contributed by atoms with Crippen molar-refractivity contribution in [2.75, 3.05) is 11.9 Å². The lowest BCUT2D eigenvalue weighted by Crippen LogP contribution is -2.19. The smallest absolute Gasteiger partial charge is 0.149 e. The lowest BCUT2D eigenvalue weighted by atomic mass is 10.2. The maximum Gasteiger partial charge on any atom is 0.149 e. The molecule has 0 radical (unpaired) electrons. The molecule has 0 bridgehead atoms. The summed E-state index contributed by atoms with van der Waals surface area (Å²) in [4.78, 5) is 1.55. The number of alkyl halides is 1. The van der Waals surface area contributed by atoms with Gasteiger partial charge in [-0.2, -0.15) is 0 Å². The molecule has 2 aromatic rings. The maximum atomic E-state index is 13.9. The lowest BCUT2D eigenvalue weighted by Gasteiger charge is -2.20. The van der Waals surface area contributed by atoms with Crippen LogP contribution in [-0.2, 0) is 12.4 Å². The Balaban J connectivity index is 2.26. The predicted molar refractivity (Wildman–Crippen MR) is 80.0 cm³/mol. The summed E-state index contributed by atoms with van der Waals surface area (Å²) in [5.41, 5.74) is 1.41. The molecule has 0 aliphatic carbocycles. The van der Waals surface area contributed by atoms with Crippen molar-refractivity contribution in [3.8, 4) is 0 Å². The minimum atomic E-state index is -0.590. The van der Waals surface area contributed by atoms with Gasteiger partial charge in [-0.25, -0.2) is 8.78 Å². The van der Waals surface area contributed by atoms with E-state index < -0.39 is 11.6 Å². The van der Waals surface area contributed by atoms with Gasteiger partial charge in [0.05, 0.1) is 3.79 Å². The molecule has 2 rings (SSSR count). The number of nitrogens with zero attached hydrogens (tertiary/aromatic N) is 1. The molecule has 1 aromatic carbocycles. The maximum absolute atomic E-state index is 13.9.